The van der Waals surface area contributed by atoms with E-state index in [9.17, 15) is 4.79 Å². The van der Waals surface area contributed by atoms with Gasteiger partial charge in [0.1, 0.15) is 6.61 Å². The van der Waals surface area contributed by atoms with Crippen molar-refractivity contribution in [2.45, 2.75) is 13.2 Å². The summed E-state index contributed by atoms with van der Waals surface area (Å²) >= 11 is 5.77. The monoisotopic (exact) mass is 262 g/mol. The van der Waals surface area contributed by atoms with Gasteiger partial charge in [-0.25, -0.2) is 4.79 Å². The van der Waals surface area contributed by atoms with Crippen LogP contribution in [0.15, 0.2) is 54.9 Å². The number of carbonyl (C=O) groups is 1. The van der Waals surface area contributed by atoms with E-state index in [-0.39, 0.29) is 19.1 Å². The maximum Gasteiger partial charge on any atom is 0.373 e. The molecule has 1 aromatic heterocycles. The summed E-state index contributed by atoms with van der Waals surface area (Å²) in [7, 11) is 0. The second kappa shape index (κ2) is 6.17. The van der Waals surface area contributed by atoms with Crippen molar-refractivity contribution in [3.05, 3.63) is 65.4 Å². The summed E-state index contributed by atoms with van der Waals surface area (Å²) in [6.07, 6.45) is 3.65. The molecule has 0 aliphatic carbocycles. The second-order valence-electron chi connectivity index (χ2n) is 3.83. The number of nitrogens with zero attached hydrogens (tertiary/aromatic N) is 1. The van der Waals surface area contributed by atoms with Crippen molar-refractivity contribution in [3.8, 4) is 0 Å². The van der Waals surface area contributed by atoms with E-state index in [0.29, 0.717) is 5.02 Å². The fourth-order valence-corrected chi connectivity index (χ4v) is 1.60. The van der Waals surface area contributed by atoms with Crippen molar-refractivity contribution < 1.29 is 14.1 Å². The van der Waals surface area contributed by atoms with Gasteiger partial charge >= 0.3 is 5.97 Å². The van der Waals surface area contributed by atoms with Crippen LogP contribution in [0.25, 0.3) is 0 Å². The average Bonchev–Trinajstić information content (AvgIpc) is 2.39. The van der Waals surface area contributed by atoms with Crippen LogP contribution in [0.1, 0.15) is 5.56 Å². The number of ether oxygens (including phenoxy) is 1. The standard InChI is InChI=1S/C14H13ClNO2/c15-13-6-4-12(5-7-13)11-18-14(17)10-16-8-2-1-3-9-16/h1-9H,10-11H2/q+1. The molecule has 4 heteroatoms. The molecule has 1 heterocycles. The molecule has 0 aliphatic rings. The lowest BCUT2D eigenvalue weighted by Crippen LogP contribution is -2.37. The van der Waals surface area contributed by atoms with E-state index in [0.717, 1.165) is 5.56 Å². The quantitative estimate of drug-likeness (QED) is 0.626. The van der Waals surface area contributed by atoms with Crippen LogP contribution in [0.4, 0.5) is 0 Å². The molecule has 0 unspecified atom stereocenters. The highest BCUT2D eigenvalue weighted by molar-refractivity contribution is 6.30. The Morgan fingerprint density at radius 1 is 1.11 bits per heavy atom. The molecule has 0 spiro atoms. The van der Waals surface area contributed by atoms with Crippen molar-refractivity contribution in [3.63, 3.8) is 0 Å². The largest absolute Gasteiger partial charge is 0.456 e. The molecular weight excluding hydrogens is 250 g/mol. The zero-order chi connectivity index (χ0) is 12.8. The number of pyridine rings is 1. The van der Waals surface area contributed by atoms with Gasteiger partial charge in [0.15, 0.2) is 12.4 Å². The number of benzene rings is 1. The number of hydrogen-bond donors (Lipinski definition) is 0. The van der Waals surface area contributed by atoms with Crippen LogP contribution in [-0.2, 0) is 22.7 Å². The second-order valence-corrected chi connectivity index (χ2v) is 4.27. The Morgan fingerprint density at radius 3 is 2.44 bits per heavy atom. The van der Waals surface area contributed by atoms with E-state index in [4.69, 9.17) is 16.3 Å². The van der Waals surface area contributed by atoms with Crippen molar-refractivity contribution in [1.29, 1.82) is 0 Å². The highest BCUT2D eigenvalue weighted by Crippen LogP contribution is 2.10. The van der Waals surface area contributed by atoms with Gasteiger partial charge in [-0.1, -0.05) is 29.8 Å². The lowest BCUT2D eigenvalue weighted by molar-refractivity contribution is -0.686. The highest BCUT2D eigenvalue weighted by Gasteiger charge is 2.09. The number of rotatable bonds is 4. The van der Waals surface area contributed by atoms with Gasteiger partial charge in [0.05, 0.1) is 0 Å². The van der Waals surface area contributed by atoms with Gasteiger partial charge in [0.2, 0.25) is 6.54 Å². The van der Waals surface area contributed by atoms with Crippen molar-refractivity contribution in [2.24, 2.45) is 0 Å². The minimum absolute atomic E-state index is 0.217. The summed E-state index contributed by atoms with van der Waals surface area (Å²) in [5.74, 6) is -0.263. The van der Waals surface area contributed by atoms with Gasteiger partial charge in [-0.05, 0) is 17.7 Å². The third kappa shape index (κ3) is 3.86. The molecule has 0 aliphatic heterocycles. The molecule has 0 amide bonds. The van der Waals surface area contributed by atoms with Crippen molar-refractivity contribution >= 4 is 17.6 Å². The first-order valence-corrected chi connectivity index (χ1v) is 5.96. The lowest BCUT2D eigenvalue weighted by atomic mass is 10.2. The molecule has 0 fully saturated rings. The molecule has 92 valence electrons. The predicted molar refractivity (Wildman–Crippen MR) is 67.9 cm³/mol. The molecule has 2 rings (SSSR count). The first kappa shape index (κ1) is 12.6. The summed E-state index contributed by atoms with van der Waals surface area (Å²) in [6, 6.07) is 12.9. The first-order chi connectivity index (χ1) is 8.74. The molecule has 0 saturated heterocycles. The maximum atomic E-state index is 11.6. The van der Waals surface area contributed by atoms with Crippen LogP contribution in [0.5, 0.6) is 0 Å². The first-order valence-electron chi connectivity index (χ1n) is 5.58. The molecule has 18 heavy (non-hydrogen) atoms. The molecule has 2 aromatic rings. The topological polar surface area (TPSA) is 30.2 Å². The van der Waals surface area contributed by atoms with Gasteiger partial charge < -0.3 is 4.74 Å². The van der Waals surface area contributed by atoms with E-state index in [1.165, 1.54) is 0 Å². The minimum Gasteiger partial charge on any atom is -0.456 e. The molecule has 3 nitrogen and oxygen atoms in total. The molecule has 0 N–H and O–H groups in total. The molecule has 0 saturated carbocycles. The number of halogens is 1. The summed E-state index contributed by atoms with van der Waals surface area (Å²) < 4.78 is 6.94. The molecule has 0 bridgehead atoms. The normalized spacial score (nSPS) is 10.1. The van der Waals surface area contributed by atoms with E-state index >= 15 is 0 Å². The van der Waals surface area contributed by atoms with Crippen LogP contribution in [-0.4, -0.2) is 5.97 Å². The van der Waals surface area contributed by atoms with E-state index < -0.39 is 0 Å². The summed E-state index contributed by atoms with van der Waals surface area (Å²) in [4.78, 5) is 11.6. The van der Waals surface area contributed by atoms with Crippen LogP contribution < -0.4 is 4.57 Å². The highest BCUT2D eigenvalue weighted by atomic mass is 35.5. The fraction of sp³-hybridized carbons (Fsp3) is 0.143. The summed E-state index contributed by atoms with van der Waals surface area (Å²) in [5, 5.41) is 0.671. The SMILES string of the molecule is O=C(C[n+]1ccccc1)OCc1ccc(Cl)cc1. The van der Waals surface area contributed by atoms with Gasteiger partial charge in [0.25, 0.3) is 0 Å². The lowest BCUT2D eigenvalue weighted by Gasteiger charge is -2.03. The van der Waals surface area contributed by atoms with Crippen LogP contribution in [0.2, 0.25) is 5.02 Å². The van der Waals surface area contributed by atoms with E-state index in [1.54, 1.807) is 16.7 Å². The Hall–Kier alpha value is -1.87. The molecular formula is C14H13ClNO2+. The smallest absolute Gasteiger partial charge is 0.373 e. The van der Waals surface area contributed by atoms with Gasteiger partial charge in [-0.3, -0.25) is 0 Å². The molecule has 1 aromatic carbocycles. The zero-order valence-corrected chi connectivity index (χ0v) is 10.5. The van der Waals surface area contributed by atoms with Gasteiger partial charge in [-0.2, -0.15) is 4.57 Å². The number of aromatic nitrogens is 1. The predicted octanol–water partition coefficient (Wildman–Crippen LogP) is 2.37. The summed E-state index contributed by atoms with van der Waals surface area (Å²) in [5.41, 5.74) is 0.922. The van der Waals surface area contributed by atoms with Gasteiger partial charge in [0, 0.05) is 17.2 Å². The Morgan fingerprint density at radius 2 is 1.78 bits per heavy atom. The Bertz CT molecular complexity index is 511. The van der Waals surface area contributed by atoms with Crippen LogP contribution in [0.3, 0.4) is 0 Å². The van der Waals surface area contributed by atoms with E-state index in [1.807, 2.05) is 42.7 Å². The van der Waals surface area contributed by atoms with Crippen LogP contribution >= 0.6 is 11.6 Å². The Kier molecular flexibility index (Phi) is 4.31. The number of hydrogen-bond acceptors (Lipinski definition) is 2. The third-order valence-electron chi connectivity index (χ3n) is 2.40. The van der Waals surface area contributed by atoms with Crippen LogP contribution in [0, 0.1) is 0 Å². The Balaban J connectivity index is 1.83. The van der Waals surface area contributed by atoms with Gasteiger partial charge in [-0.15, -0.1) is 0 Å². The summed E-state index contributed by atoms with van der Waals surface area (Å²) in [6.45, 7) is 0.484. The molecule has 0 radical (unpaired) electrons. The number of esters is 1. The maximum absolute atomic E-state index is 11.6. The minimum atomic E-state index is -0.263. The third-order valence-corrected chi connectivity index (χ3v) is 2.65. The average molecular weight is 263 g/mol. The number of carbonyl (C=O) groups excluding carboxylic acids is 1. The molecule has 0 atom stereocenters. The zero-order valence-electron chi connectivity index (χ0n) is 9.75. The Labute approximate surface area is 111 Å². The van der Waals surface area contributed by atoms with Crippen molar-refractivity contribution in [1.82, 2.24) is 0 Å². The van der Waals surface area contributed by atoms with E-state index in [2.05, 4.69) is 0 Å². The van der Waals surface area contributed by atoms with Crippen molar-refractivity contribution in [2.75, 3.05) is 0 Å². The fourth-order valence-electron chi connectivity index (χ4n) is 1.48.